The molecule has 1 amide bonds. The van der Waals surface area contributed by atoms with Crippen LogP contribution >= 0.6 is 0 Å². The zero-order chi connectivity index (χ0) is 19.2. The number of carboxylic acids is 1. The first-order chi connectivity index (χ1) is 12.3. The van der Waals surface area contributed by atoms with Gasteiger partial charge in [0.2, 0.25) is 5.91 Å². The van der Waals surface area contributed by atoms with Crippen molar-refractivity contribution in [3.05, 3.63) is 77.4 Å². The summed E-state index contributed by atoms with van der Waals surface area (Å²) in [7, 11) is 0. The van der Waals surface area contributed by atoms with Crippen LogP contribution in [-0.4, -0.2) is 23.0 Å². The van der Waals surface area contributed by atoms with Gasteiger partial charge >= 0.3 is 12.1 Å². The molecule has 0 saturated heterocycles. The lowest BCUT2D eigenvalue weighted by Crippen LogP contribution is -2.41. The van der Waals surface area contributed by atoms with Crippen molar-refractivity contribution in [3.63, 3.8) is 0 Å². The Labute approximate surface area is 148 Å². The molecule has 4 nitrogen and oxygen atoms in total. The third-order valence-electron chi connectivity index (χ3n) is 3.54. The van der Waals surface area contributed by atoms with Crippen LogP contribution in [0.5, 0.6) is 0 Å². The molecule has 0 aromatic heterocycles. The van der Waals surface area contributed by atoms with Gasteiger partial charge in [0.05, 0.1) is 5.56 Å². The number of benzene rings is 2. The number of rotatable bonds is 6. The Morgan fingerprint density at radius 2 is 1.77 bits per heavy atom. The standard InChI is InChI=1S/C19H16F3NO3/c20-19(21,22)15-8-4-7-14(11-15)9-10-17(24)23-16(18(25)26)12-13-5-2-1-3-6-13/h1-11,16H,12H2,(H,23,24)(H,25,26)/b10-9+/t16-/m1/s1. The van der Waals surface area contributed by atoms with E-state index in [9.17, 15) is 27.9 Å². The highest BCUT2D eigenvalue weighted by Gasteiger charge is 2.30. The van der Waals surface area contributed by atoms with E-state index in [1.165, 1.54) is 18.2 Å². The lowest BCUT2D eigenvalue weighted by atomic mass is 10.1. The van der Waals surface area contributed by atoms with Gasteiger partial charge in [0.25, 0.3) is 0 Å². The molecule has 0 bridgehead atoms. The van der Waals surface area contributed by atoms with Gasteiger partial charge in [0, 0.05) is 12.5 Å². The number of halogens is 3. The highest BCUT2D eigenvalue weighted by atomic mass is 19.4. The second kappa shape index (κ2) is 8.33. The topological polar surface area (TPSA) is 66.4 Å². The molecule has 136 valence electrons. The number of carbonyl (C=O) groups excluding carboxylic acids is 1. The summed E-state index contributed by atoms with van der Waals surface area (Å²) in [6, 6.07) is 12.1. The molecular formula is C19H16F3NO3. The molecule has 2 aromatic carbocycles. The molecule has 0 fully saturated rings. The zero-order valence-electron chi connectivity index (χ0n) is 13.5. The predicted molar refractivity (Wildman–Crippen MR) is 90.2 cm³/mol. The number of carbonyl (C=O) groups is 2. The summed E-state index contributed by atoms with van der Waals surface area (Å²) >= 11 is 0. The smallest absolute Gasteiger partial charge is 0.416 e. The highest BCUT2D eigenvalue weighted by molar-refractivity contribution is 5.94. The van der Waals surface area contributed by atoms with Gasteiger partial charge in [-0.05, 0) is 29.3 Å². The summed E-state index contributed by atoms with van der Waals surface area (Å²) in [6.45, 7) is 0. The van der Waals surface area contributed by atoms with Gasteiger partial charge in [-0.3, -0.25) is 4.79 Å². The number of aliphatic carboxylic acids is 1. The van der Waals surface area contributed by atoms with Crippen LogP contribution in [0.25, 0.3) is 6.08 Å². The van der Waals surface area contributed by atoms with Crippen molar-refractivity contribution in [2.24, 2.45) is 0 Å². The van der Waals surface area contributed by atoms with Gasteiger partial charge in [0.15, 0.2) is 0 Å². The maximum absolute atomic E-state index is 12.7. The average molecular weight is 363 g/mol. The molecular weight excluding hydrogens is 347 g/mol. The predicted octanol–water partition coefficient (Wildman–Crippen LogP) is 3.53. The minimum absolute atomic E-state index is 0.0965. The summed E-state index contributed by atoms with van der Waals surface area (Å²) in [4.78, 5) is 23.2. The Bertz CT molecular complexity index is 801. The van der Waals surface area contributed by atoms with E-state index in [-0.39, 0.29) is 12.0 Å². The maximum Gasteiger partial charge on any atom is 0.416 e. The zero-order valence-corrected chi connectivity index (χ0v) is 13.5. The van der Waals surface area contributed by atoms with Crippen LogP contribution in [0.1, 0.15) is 16.7 Å². The molecule has 0 heterocycles. The third-order valence-corrected chi connectivity index (χ3v) is 3.54. The molecule has 1 atom stereocenters. The molecule has 2 aromatic rings. The van der Waals surface area contributed by atoms with Crippen molar-refractivity contribution in [2.45, 2.75) is 18.6 Å². The third kappa shape index (κ3) is 5.77. The lowest BCUT2D eigenvalue weighted by Gasteiger charge is -2.13. The molecule has 2 N–H and O–H groups in total. The molecule has 7 heteroatoms. The molecule has 0 aliphatic rings. The van der Waals surface area contributed by atoms with E-state index in [0.717, 1.165) is 23.8 Å². The van der Waals surface area contributed by atoms with Gasteiger partial charge in [-0.1, -0.05) is 42.5 Å². The Kier molecular flexibility index (Phi) is 6.16. The van der Waals surface area contributed by atoms with Crippen molar-refractivity contribution in [1.82, 2.24) is 5.32 Å². The average Bonchev–Trinajstić information content (AvgIpc) is 2.60. The van der Waals surface area contributed by atoms with Crippen LogP contribution in [-0.2, 0) is 22.2 Å². The van der Waals surface area contributed by atoms with Crippen molar-refractivity contribution in [2.75, 3.05) is 0 Å². The first-order valence-electron chi connectivity index (χ1n) is 7.68. The van der Waals surface area contributed by atoms with Crippen LogP contribution in [0.15, 0.2) is 60.7 Å². The van der Waals surface area contributed by atoms with Gasteiger partial charge in [-0.2, -0.15) is 13.2 Å². The Hall–Kier alpha value is -3.09. The summed E-state index contributed by atoms with van der Waals surface area (Å²) < 4.78 is 38.0. The fraction of sp³-hybridized carbons (Fsp3) is 0.158. The lowest BCUT2D eigenvalue weighted by molar-refractivity contribution is -0.141. The maximum atomic E-state index is 12.7. The molecule has 0 aliphatic carbocycles. The minimum Gasteiger partial charge on any atom is -0.480 e. The number of nitrogens with one attached hydrogen (secondary N) is 1. The van der Waals surface area contributed by atoms with E-state index in [1.54, 1.807) is 30.3 Å². The molecule has 0 aliphatic heterocycles. The van der Waals surface area contributed by atoms with Gasteiger partial charge < -0.3 is 10.4 Å². The molecule has 26 heavy (non-hydrogen) atoms. The van der Waals surface area contributed by atoms with Crippen LogP contribution in [0, 0.1) is 0 Å². The Morgan fingerprint density at radius 1 is 1.08 bits per heavy atom. The second-order valence-corrected chi connectivity index (χ2v) is 5.55. The van der Waals surface area contributed by atoms with E-state index in [1.807, 2.05) is 0 Å². The molecule has 0 saturated carbocycles. The van der Waals surface area contributed by atoms with Crippen molar-refractivity contribution in [1.29, 1.82) is 0 Å². The van der Waals surface area contributed by atoms with E-state index in [0.29, 0.717) is 0 Å². The summed E-state index contributed by atoms with van der Waals surface area (Å²) in [5.41, 5.74) is 0.0968. The van der Waals surface area contributed by atoms with Gasteiger partial charge in [0.1, 0.15) is 6.04 Å². The number of hydrogen-bond donors (Lipinski definition) is 2. The molecule has 0 spiro atoms. The first-order valence-corrected chi connectivity index (χ1v) is 7.68. The molecule has 0 unspecified atom stereocenters. The quantitative estimate of drug-likeness (QED) is 0.772. The fourth-order valence-corrected chi connectivity index (χ4v) is 2.26. The van der Waals surface area contributed by atoms with E-state index in [4.69, 9.17) is 0 Å². The van der Waals surface area contributed by atoms with Crippen molar-refractivity contribution >= 4 is 18.0 Å². The Morgan fingerprint density at radius 3 is 2.38 bits per heavy atom. The Balaban J connectivity index is 2.04. The SMILES string of the molecule is O=C(/C=C/c1cccc(C(F)(F)F)c1)N[C@H](Cc1ccccc1)C(=O)O. The normalized spacial score (nSPS) is 12.7. The first kappa shape index (κ1) is 19.2. The van der Waals surface area contributed by atoms with Crippen molar-refractivity contribution in [3.8, 4) is 0 Å². The van der Waals surface area contributed by atoms with Gasteiger partial charge in [-0.25, -0.2) is 4.79 Å². The van der Waals surface area contributed by atoms with Crippen LogP contribution in [0.4, 0.5) is 13.2 Å². The fourth-order valence-electron chi connectivity index (χ4n) is 2.26. The number of hydrogen-bond acceptors (Lipinski definition) is 2. The largest absolute Gasteiger partial charge is 0.480 e. The summed E-state index contributed by atoms with van der Waals surface area (Å²) in [5.74, 6) is -1.90. The van der Waals surface area contributed by atoms with E-state index >= 15 is 0 Å². The molecule has 2 rings (SSSR count). The number of alkyl halides is 3. The monoisotopic (exact) mass is 363 g/mol. The number of amides is 1. The van der Waals surface area contributed by atoms with Crippen LogP contribution < -0.4 is 5.32 Å². The van der Waals surface area contributed by atoms with Crippen molar-refractivity contribution < 1.29 is 27.9 Å². The second-order valence-electron chi connectivity index (χ2n) is 5.55. The number of carboxylic acid groups (broad SMARTS) is 1. The highest BCUT2D eigenvalue weighted by Crippen LogP contribution is 2.29. The van der Waals surface area contributed by atoms with Crippen LogP contribution in [0.3, 0.4) is 0 Å². The molecule has 0 radical (unpaired) electrons. The minimum atomic E-state index is -4.48. The van der Waals surface area contributed by atoms with E-state index < -0.39 is 29.7 Å². The van der Waals surface area contributed by atoms with Crippen LogP contribution in [0.2, 0.25) is 0 Å². The summed E-state index contributed by atoms with van der Waals surface area (Å²) in [5, 5.41) is 11.6. The van der Waals surface area contributed by atoms with E-state index in [2.05, 4.69) is 5.32 Å². The van der Waals surface area contributed by atoms with Gasteiger partial charge in [-0.15, -0.1) is 0 Å². The summed E-state index contributed by atoms with van der Waals surface area (Å²) in [6.07, 6.45) is -2.17.